The standard InChI is InChI=1S/C15H18N2O3.ClH/c1-19-12-8-10-11(9-13(12)20-2)16-14-6-4-3-5-7-17(14)15(10)18;/h8-9H,3-7H2,1-2H3;1H. The van der Waals surface area contributed by atoms with Gasteiger partial charge < -0.3 is 9.47 Å². The lowest BCUT2D eigenvalue weighted by Gasteiger charge is -2.12. The van der Waals surface area contributed by atoms with Crippen molar-refractivity contribution in [3.8, 4) is 11.5 Å². The predicted octanol–water partition coefficient (Wildman–Crippen LogP) is 2.56. The Balaban J connectivity index is 0.00000161. The zero-order valence-electron chi connectivity index (χ0n) is 12.2. The van der Waals surface area contributed by atoms with Crippen molar-refractivity contribution in [3.05, 3.63) is 28.3 Å². The summed E-state index contributed by atoms with van der Waals surface area (Å²) < 4.78 is 12.4. The first-order valence-corrected chi connectivity index (χ1v) is 6.90. The number of nitrogens with zero attached hydrogens (tertiary/aromatic N) is 2. The molecule has 0 atom stereocenters. The van der Waals surface area contributed by atoms with Gasteiger partial charge in [0.1, 0.15) is 5.82 Å². The maximum absolute atomic E-state index is 12.6. The van der Waals surface area contributed by atoms with Crippen molar-refractivity contribution in [1.82, 2.24) is 9.55 Å². The van der Waals surface area contributed by atoms with Gasteiger partial charge in [-0.2, -0.15) is 0 Å². The van der Waals surface area contributed by atoms with Crippen molar-refractivity contribution in [1.29, 1.82) is 0 Å². The van der Waals surface area contributed by atoms with Gasteiger partial charge in [-0.25, -0.2) is 4.98 Å². The highest BCUT2D eigenvalue weighted by Gasteiger charge is 2.16. The van der Waals surface area contributed by atoms with E-state index in [1.54, 1.807) is 30.9 Å². The molecule has 2 heterocycles. The molecule has 0 saturated heterocycles. The molecule has 0 N–H and O–H groups in total. The van der Waals surface area contributed by atoms with Gasteiger partial charge >= 0.3 is 0 Å². The molecule has 0 amide bonds. The van der Waals surface area contributed by atoms with Crippen LogP contribution in [0.15, 0.2) is 16.9 Å². The zero-order chi connectivity index (χ0) is 14.1. The summed E-state index contributed by atoms with van der Waals surface area (Å²) in [5.74, 6) is 2.05. The third-order valence-corrected chi connectivity index (χ3v) is 3.82. The summed E-state index contributed by atoms with van der Waals surface area (Å²) in [6, 6.07) is 3.50. The lowest BCUT2D eigenvalue weighted by atomic mass is 10.2. The van der Waals surface area contributed by atoms with E-state index in [1.807, 2.05) is 0 Å². The van der Waals surface area contributed by atoms with E-state index in [0.29, 0.717) is 22.4 Å². The molecule has 0 bridgehead atoms. The molecule has 0 unspecified atom stereocenters. The molecule has 1 aromatic heterocycles. The maximum Gasteiger partial charge on any atom is 0.261 e. The fourth-order valence-electron chi connectivity index (χ4n) is 2.75. The van der Waals surface area contributed by atoms with E-state index in [4.69, 9.17) is 9.47 Å². The number of aromatic nitrogens is 2. The molecule has 114 valence electrons. The van der Waals surface area contributed by atoms with Crippen LogP contribution in [0.5, 0.6) is 11.5 Å². The summed E-state index contributed by atoms with van der Waals surface area (Å²) >= 11 is 0. The third kappa shape index (κ3) is 2.70. The van der Waals surface area contributed by atoms with Crippen molar-refractivity contribution in [2.24, 2.45) is 0 Å². The van der Waals surface area contributed by atoms with Crippen LogP contribution in [0.3, 0.4) is 0 Å². The number of benzene rings is 1. The van der Waals surface area contributed by atoms with Crippen molar-refractivity contribution >= 4 is 23.3 Å². The van der Waals surface area contributed by atoms with Crippen LogP contribution in [0.2, 0.25) is 0 Å². The van der Waals surface area contributed by atoms with Crippen LogP contribution in [-0.2, 0) is 13.0 Å². The van der Waals surface area contributed by atoms with Gasteiger partial charge in [0.05, 0.1) is 25.1 Å². The Kier molecular flexibility index (Phi) is 4.73. The van der Waals surface area contributed by atoms with Crippen LogP contribution in [0, 0.1) is 0 Å². The Bertz CT molecular complexity index is 712. The Morgan fingerprint density at radius 2 is 1.81 bits per heavy atom. The van der Waals surface area contributed by atoms with Crippen LogP contribution >= 0.6 is 12.4 Å². The number of fused-ring (bicyclic) bond motifs is 2. The second-order valence-electron chi connectivity index (χ2n) is 5.02. The molecule has 21 heavy (non-hydrogen) atoms. The van der Waals surface area contributed by atoms with E-state index in [0.717, 1.165) is 38.1 Å². The van der Waals surface area contributed by atoms with Crippen molar-refractivity contribution < 1.29 is 9.47 Å². The van der Waals surface area contributed by atoms with Crippen LogP contribution in [0.4, 0.5) is 0 Å². The van der Waals surface area contributed by atoms with Crippen molar-refractivity contribution in [2.45, 2.75) is 32.2 Å². The highest BCUT2D eigenvalue weighted by Crippen LogP contribution is 2.30. The molecule has 0 aliphatic carbocycles. The maximum atomic E-state index is 12.6. The van der Waals surface area contributed by atoms with E-state index >= 15 is 0 Å². The van der Waals surface area contributed by atoms with Crippen molar-refractivity contribution in [3.63, 3.8) is 0 Å². The SMILES string of the molecule is COc1cc2nc3n(c(=O)c2cc1OC)CCCCC3.Cl. The summed E-state index contributed by atoms with van der Waals surface area (Å²) in [5, 5.41) is 0.591. The number of rotatable bonds is 2. The van der Waals surface area contributed by atoms with Crippen LogP contribution < -0.4 is 15.0 Å². The number of hydrogen-bond donors (Lipinski definition) is 0. The highest BCUT2D eigenvalue weighted by molar-refractivity contribution is 5.85. The minimum atomic E-state index is 0. The zero-order valence-corrected chi connectivity index (χ0v) is 13.0. The minimum absolute atomic E-state index is 0. The van der Waals surface area contributed by atoms with Gasteiger partial charge in [-0.3, -0.25) is 9.36 Å². The van der Waals surface area contributed by atoms with Crippen LogP contribution in [-0.4, -0.2) is 23.8 Å². The van der Waals surface area contributed by atoms with E-state index in [1.165, 1.54) is 0 Å². The molecule has 5 nitrogen and oxygen atoms in total. The lowest BCUT2D eigenvalue weighted by molar-refractivity contribution is 0.355. The second kappa shape index (κ2) is 6.35. The molecule has 2 aromatic rings. The van der Waals surface area contributed by atoms with Crippen LogP contribution in [0.25, 0.3) is 10.9 Å². The van der Waals surface area contributed by atoms with Gasteiger partial charge in [0.25, 0.3) is 5.56 Å². The first kappa shape index (κ1) is 15.6. The largest absolute Gasteiger partial charge is 0.493 e. The topological polar surface area (TPSA) is 53.4 Å². The quantitative estimate of drug-likeness (QED) is 0.855. The Hall–Kier alpha value is -1.75. The summed E-state index contributed by atoms with van der Waals surface area (Å²) in [4.78, 5) is 17.3. The molecular formula is C15H19ClN2O3. The smallest absolute Gasteiger partial charge is 0.261 e. The minimum Gasteiger partial charge on any atom is -0.493 e. The summed E-state index contributed by atoms with van der Waals surface area (Å²) in [6.07, 6.45) is 4.13. The van der Waals surface area contributed by atoms with E-state index in [9.17, 15) is 4.79 Å². The molecule has 1 aliphatic rings. The van der Waals surface area contributed by atoms with E-state index in [-0.39, 0.29) is 18.0 Å². The number of ether oxygens (including phenoxy) is 2. The first-order valence-electron chi connectivity index (χ1n) is 6.90. The average Bonchev–Trinajstić information content (AvgIpc) is 2.71. The normalized spacial score (nSPS) is 14.0. The lowest BCUT2D eigenvalue weighted by Crippen LogP contribution is -2.24. The summed E-state index contributed by atoms with van der Waals surface area (Å²) in [7, 11) is 3.15. The molecule has 3 rings (SSSR count). The Labute approximate surface area is 129 Å². The molecule has 1 aromatic carbocycles. The first-order chi connectivity index (χ1) is 9.74. The Morgan fingerprint density at radius 1 is 1.10 bits per heavy atom. The molecule has 0 radical (unpaired) electrons. The molecule has 1 aliphatic heterocycles. The van der Waals surface area contributed by atoms with E-state index in [2.05, 4.69) is 4.98 Å². The number of aryl methyl sites for hydroxylation is 1. The van der Waals surface area contributed by atoms with Gasteiger partial charge in [-0.1, -0.05) is 6.42 Å². The molecular weight excluding hydrogens is 292 g/mol. The van der Waals surface area contributed by atoms with Crippen LogP contribution in [0.1, 0.15) is 25.1 Å². The monoisotopic (exact) mass is 310 g/mol. The molecule has 0 spiro atoms. The highest BCUT2D eigenvalue weighted by atomic mass is 35.5. The molecule has 0 fully saturated rings. The summed E-state index contributed by atoms with van der Waals surface area (Å²) in [5.41, 5.74) is 0.702. The van der Waals surface area contributed by atoms with Gasteiger partial charge in [0.2, 0.25) is 0 Å². The molecule has 0 saturated carbocycles. The fourth-order valence-corrected chi connectivity index (χ4v) is 2.75. The van der Waals surface area contributed by atoms with Crippen molar-refractivity contribution in [2.75, 3.05) is 14.2 Å². The van der Waals surface area contributed by atoms with E-state index < -0.39 is 0 Å². The van der Waals surface area contributed by atoms with Gasteiger partial charge in [-0.15, -0.1) is 12.4 Å². The second-order valence-corrected chi connectivity index (χ2v) is 5.02. The number of methoxy groups -OCH3 is 2. The molecule has 6 heteroatoms. The van der Waals surface area contributed by atoms with Gasteiger partial charge in [-0.05, 0) is 18.9 Å². The third-order valence-electron chi connectivity index (χ3n) is 3.82. The Morgan fingerprint density at radius 3 is 2.52 bits per heavy atom. The predicted molar refractivity (Wildman–Crippen MR) is 83.9 cm³/mol. The van der Waals surface area contributed by atoms with Gasteiger partial charge in [0, 0.05) is 19.0 Å². The average molecular weight is 311 g/mol. The fraction of sp³-hybridized carbons (Fsp3) is 0.467. The number of halogens is 1. The summed E-state index contributed by atoms with van der Waals surface area (Å²) in [6.45, 7) is 0.755. The number of hydrogen-bond acceptors (Lipinski definition) is 4. The van der Waals surface area contributed by atoms with Gasteiger partial charge in [0.15, 0.2) is 11.5 Å².